The molecule has 0 bridgehead atoms. The third-order valence-corrected chi connectivity index (χ3v) is 3.01. The molecule has 0 aromatic carbocycles. The van der Waals surface area contributed by atoms with Crippen molar-refractivity contribution in [2.24, 2.45) is 5.92 Å². The summed E-state index contributed by atoms with van der Waals surface area (Å²) >= 11 is 5.75. The van der Waals surface area contributed by atoms with Crippen molar-refractivity contribution in [3.63, 3.8) is 0 Å². The summed E-state index contributed by atoms with van der Waals surface area (Å²) < 4.78 is 0. The number of hydrogen-bond donors (Lipinski definition) is 0. The van der Waals surface area contributed by atoms with E-state index in [1.54, 1.807) is 0 Å². The van der Waals surface area contributed by atoms with Crippen molar-refractivity contribution in [1.82, 2.24) is 9.88 Å². The molecule has 90 valence electrons. The molecule has 3 heteroatoms. The van der Waals surface area contributed by atoms with Gasteiger partial charge < -0.3 is 0 Å². The summed E-state index contributed by atoms with van der Waals surface area (Å²) in [6.45, 7) is 7.71. The summed E-state index contributed by atoms with van der Waals surface area (Å²) in [5.41, 5.74) is 1.21. The molecule has 0 aliphatic heterocycles. The minimum atomic E-state index is 0.557. The van der Waals surface area contributed by atoms with Gasteiger partial charge in [0.1, 0.15) is 5.15 Å². The number of rotatable bonds is 5. The molecule has 0 amide bonds. The molecule has 0 spiro atoms. The maximum absolute atomic E-state index is 5.75. The van der Waals surface area contributed by atoms with Crippen LogP contribution in [0.2, 0.25) is 5.15 Å². The predicted octanol–water partition coefficient (Wildman–Crippen LogP) is 3.60. The van der Waals surface area contributed by atoms with Crippen molar-refractivity contribution in [3.05, 3.63) is 29.0 Å². The van der Waals surface area contributed by atoms with Crippen LogP contribution < -0.4 is 0 Å². The van der Waals surface area contributed by atoms with E-state index in [0.717, 1.165) is 12.5 Å². The Morgan fingerprint density at radius 2 is 2.00 bits per heavy atom. The lowest BCUT2D eigenvalue weighted by atomic mass is 10.0. The first-order valence-electron chi connectivity index (χ1n) is 5.79. The van der Waals surface area contributed by atoms with Crippen LogP contribution in [0.5, 0.6) is 0 Å². The molecule has 0 N–H and O–H groups in total. The number of pyridine rings is 1. The normalized spacial score (nSPS) is 13.4. The Kier molecular flexibility index (Phi) is 5.23. The Hall–Kier alpha value is -0.600. The fourth-order valence-corrected chi connectivity index (χ4v) is 1.92. The monoisotopic (exact) mass is 240 g/mol. The Balaban J connectivity index is 2.50. The van der Waals surface area contributed by atoms with Crippen LogP contribution in [0.4, 0.5) is 0 Å². The van der Waals surface area contributed by atoms with Gasteiger partial charge in [-0.25, -0.2) is 4.98 Å². The van der Waals surface area contributed by atoms with Gasteiger partial charge in [-0.3, -0.25) is 4.90 Å². The van der Waals surface area contributed by atoms with Crippen molar-refractivity contribution >= 4 is 11.6 Å². The quantitative estimate of drug-likeness (QED) is 0.731. The van der Waals surface area contributed by atoms with Crippen molar-refractivity contribution in [3.8, 4) is 0 Å². The lowest BCUT2D eigenvalue weighted by Crippen LogP contribution is -2.29. The summed E-state index contributed by atoms with van der Waals surface area (Å²) in [5, 5.41) is 0.557. The lowest BCUT2D eigenvalue weighted by molar-refractivity contribution is 0.220. The van der Waals surface area contributed by atoms with Gasteiger partial charge in [-0.1, -0.05) is 31.5 Å². The minimum Gasteiger partial charge on any atom is -0.299 e. The van der Waals surface area contributed by atoms with E-state index in [-0.39, 0.29) is 0 Å². The molecule has 1 aromatic rings. The van der Waals surface area contributed by atoms with Crippen LogP contribution in [0.3, 0.4) is 0 Å². The van der Waals surface area contributed by atoms with Gasteiger partial charge in [0.2, 0.25) is 0 Å². The zero-order valence-corrected chi connectivity index (χ0v) is 11.3. The topological polar surface area (TPSA) is 16.1 Å². The predicted molar refractivity (Wildman–Crippen MR) is 69.6 cm³/mol. The third kappa shape index (κ3) is 4.50. The van der Waals surface area contributed by atoms with Crippen LogP contribution in [-0.2, 0) is 6.54 Å². The Labute approximate surface area is 104 Å². The molecule has 1 unspecified atom stereocenters. The average molecular weight is 241 g/mol. The van der Waals surface area contributed by atoms with Crippen LogP contribution >= 0.6 is 11.6 Å². The van der Waals surface area contributed by atoms with Gasteiger partial charge in [-0.2, -0.15) is 0 Å². The van der Waals surface area contributed by atoms with Crippen molar-refractivity contribution in [2.45, 2.75) is 39.8 Å². The van der Waals surface area contributed by atoms with Crippen molar-refractivity contribution < 1.29 is 0 Å². The van der Waals surface area contributed by atoms with E-state index in [1.165, 1.54) is 12.0 Å². The van der Waals surface area contributed by atoms with Crippen LogP contribution in [0.1, 0.15) is 32.8 Å². The Morgan fingerprint density at radius 3 is 2.50 bits per heavy atom. The molecule has 16 heavy (non-hydrogen) atoms. The second kappa shape index (κ2) is 6.21. The van der Waals surface area contributed by atoms with Crippen molar-refractivity contribution in [2.75, 3.05) is 7.05 Å². The summed E-state index contributed by atoms with van der Waals surface area (Å²) in [6.07, 6.45) is 3.07. The zero-order chi connectivity index (χ0) is 12.1. The fourth-order valence-electron chi connectivity index (χ4n) is 1.81. The molecule has 0 radical (unpaired) electrons. The summed E-state index contributed by atoms with van der Waals surface area (Å²) in [6, 6.07) is 4.47. The molecule has 0 saturated heterocycles. The second-order valence-corrected chi connectivity index (χ2v) is 5.27. The van der Waals surface area contributed by atoms with E-state index >= 15 is 0 Å². The molecular formula is C13H21ClN2. The van der Waals surface area contributed by atoms with Gasteiger partial charge >= 0.3 is 0 Å². The van der Waals surface area contributed by atoms with E-state index in [1.807, 2.05) is 18.3 Å². The smallest absolute Gasteiger partial charge is 0.129 e. The highest BCUT2D eigenvalue weighted by molar-refractivity contribution is 6.29. The molecule has 0 aliphatic carbocycles. The van der Waals surface area contributed by atoms with Crippen LogP contribution in [0, 0.1) is 5.92 Å². The second-order valence-electron chi connectivity index (χ2n) is 4.88. The van der Waals surface area contributed by atoms with E-state index in [2.05, 4.69) is 37.7 Å². The van der Waals surface area contributed by atoms with E-state index in [0.29, 0.717) is 11.2 Å². The number of aromatic nitrogens is 1. The molecule has 1 atom stereocenters. The molecule has 0 aliphatic rings. The highest BCUT2D eigenvalue weighted by atomic mass is 35.5. The molecule has 1 aromatic heterocycles. The SMILES string of the molecule is CC(C)CC(C)N(C)Cc1ccc(Cl)nc1. The molecule has 0 saturated carbocycles. The van der Waals surface area contributed by atoms with Crippen LogP contribution in [-0.4, -0.2) is 23.0 Å². The molecule has 2 nitrogen and oxygen atoms in total. The van der Waals surface area contributed by atoms with E-state index in [4.69, 9.17) is 11.6 Å². The average Bonchev–Trinajstić information content (AvgIpc) is 2.20. The van der Waals surface area contributed by atoms with Crippen LogP contribution in [0.15, 0.2) is 18.3 Å². The van der Waals surface area contributed by atoms with Crippen LogP contribution in [0.25, 0.3) is 0 Å². The standard InChI is InChI=1S/C13H21ClN2/c1-10(2)7-11(3)16(4)9-12-5-6-13(14)15-8-12/h5-6,8,10-11H,7,9H2,1-4H3. The van der Waals surface area contributed by atoms with Gasteiger partial charge in [0, 0.05) is 18.8 Å². The maximum Gasteiger partial charge on any atom is 0.129 e. The molecule has 1 heterocycles. The van der Waals surface area contributed by atoms with Crippen molar-refractivity contribution in [1.29, 1.82) is 0 Å². The zero-order valence-electron chi connectivity index (χ0n) is 10.6. The highest BCUT2D eigenvalue weighted by Gasteiger charge is 2.11. The molecular weight excluding hydrogens is 220 g/mol. The van der Waals surface area contributed by atoms with Gasteiger partial charge in [0.25, 0.3) is 0 Å². The van der Waals surface area contributed by atoms with Gasteiger partial charge in [-0.15, -0.1) is 0 Å². The van der Waals surface area contributed by atoms with Gasteiger partial charge in [0.15, 0.2) is 0 Å². The fraction of sp³-hybridized carbons (Fsp3) is 0.615. The van der Waals surface area contributed by atoms with E-state index < -0.39 is 0 Å². The molecule has 0 fully saturated rings. The summed E-state index contributed by atoms with van der Waals surface area (Å²) in [4.78, 5) is 6.44. The third-order valence-electron chi connectivity index (χ3n) is 2.79. The van der Waals surface area contributed by atoms with Gasteiger partial charge in [-0.05, 0) is 37.9 Å². The lowest BCUT2D eigenvalue weighted by Gasteiger charge is -2.26. The largest absolute Gasteiger partial charge is 0.299 e. The number of nitrogens with zero attached hydrogens (tertiary/aromatic N) is 2. The van der Waals surface area contributed by atoms with Gasteiger partial charge in [0.05, 0.1) is 0 Å². The highest BCUT2D eigenvalue weighted by Crippen LogP contribution is 2.13. The Bertz CT molecular complexity index is 308. The van der Waals surface area contributed by atoms with E-state index in [9.17, 15) is 0 Å². The summed E-state index contributed by atoms with van der Waals surface area (Å²) in [7, 11) is 2.15. The first-order valence-corrected chi connectivity index (χ1v) is 6.17. The minimum absolute atomic E-state index is 0.557. The number of hydrogen-bond acceptors (Lipinski definition) is 2. The Morgan fingerprint density at radius 1 is 1.31 bits per heavy atom. The first-order chi connectivity index (χ1) is 7.49. The summed E-state index contributed by atoms with van der Waals surface area (Å²) in [5.74, 6) is 0.737. The first kappa shape index (κ1) is 13.5. The number of halogens is 1. The molecule has 1 rings (SSSR count). The maximum atomic E-state index is 5.75.